The van der Waals surface area contributed by atoms with Gasteiger partial charge in [0.15, 0.2) is 9.84 Å². The minimum atomic E-state index is -3.81. The van der Waals surface area contributed by atoms with E-state index in [2.05, 4.69) is 0 Å². The maximum Gasteiger partial charge on any atom is 0.243 e. The summed E-state index contributed by atoms with van der Waals surface area (Å²) in [6.45, 7) is -0.0137. The van der Waals surface area contributed by atoms with Crippen LogP contribution in [0.3, 0.4) is 0 Å². The van der Waals surface area contributed by atoms with E-state index in [-0.39, 0.29) is 41.8 Å². The molecule has 0 unspecified atom stereocenters. The highest BCUT2D eigenvalue weighted by atomic mass is 32.2. The van der Waals surface area contributed by atoms with Crippen LogP contribution in [0.15, 0.2) is 29.2 Å². The Hall–Kier alpha value is -1.78. The number of anilines is 1. The maximum atomic E-state index is 12.8. The second-order valence-corrected chi connectivity index (χ2v) is 10.7. The van der Waals surface area contributed by atoms with Crippen molar-refractivity contribution >= 4 is 37.4 Å². The molecule has 3 aliphatic rings. The van der Waals surface area contributed by atoms with Crippen LogP contribution in [0.25, 0.3) is 0 Å². The van der Waals surface area contributed by atoms with Gasteiger partial charge in [0.2, 0.25) is 21.8 Å². The summed E-state index contributed by atoms with van der Waals surface area (Å²) < 4.78 is 50.4. The van der Waals surface area contributed by atoms with Crippen LogP contribution in [-0.4, -0.2) is 56.5 Å². The molecule has 0 N–H and O–H groups in total. The zero-order chi connectivity index (χ0) is 18.0. The predicted octanol–water partition coefficient (Wildman–Crippen LogP) is -0.1000. The van der Waals surface area contributed by atoms with Crippen LogP contribution in [0.2, 0.25) is 0 Å². The van der Waals surface area contributed by atoms with E-state index in [0.29, 0.717) is 12.1 Å². The molecule has 8 nitrogen and oxygen atoms in total. The van der Waals surface area contributed by atoms with E-state index in [1.165, 1.54) is 28.6 Å². The number of carbonyl (C=O) groups excluding carboxylic acids is 2. The Morgan fingerprint density at radius 3 is 2.08 bits per heavy atom. The molecule has 2 amide bonds. The molecule has 2 bridgehead atoms. The SMILES string of the molecule is O=C1CCC(=O)N1c1ccc(S(=O)(=O)N2C[C@H]3C[C@H]2CS3(=O)=O)cc1. The van der Waals surface area contributed by atoms with Crippen LogP contribution in [0, 0.1) is 0 Å². The zero-order valence-electron chi connectivity index (χ0n) is 13.2. The average molecular weight is 384 g/mol. The molecule has 0 aliphatic carbocycles. The molecule has 2 atom stereocenters. The highest BCUT2D eigenvalue weighted by Crippen LogP contribution is 2.37. The summed E-state index contributed by atoms with van der Waals surface area (Å²) in [5.41, 5.74) is 0.344. The number of hydrogen-bond donors (Lipinski definition) is 0. The first kappa shape index (κ1) is 16.7. The molecule has 0 aromatic heterocycles. The lowest BCUT2D eigenvalue weighted by Crippen LogP contribution is -2.43. The summed E-state index contributed by atoms with van der Waals surface area (Å²) in [6, 6.07) is 5.05. The van der Waals surface area contributed by atoms with Crippen LogP contribution >= 0.6 is 0 Å². The van der Waals surface area contributed by atoms with Crippen LogP contribution in [0.1, 0.15) is 19.3 Å². The minimum absolute atomic E-state index is 0.0137. The Balaban J connectivity index is 1.60. The number of amides is 2. The lowest BCUT2D eigenvalue weighted by Gasteiger charge is -2.26. The quantitative estimate of drug-likeness (QED) is 0.673. The number of carbonyl (C=O) groups is 2. The number of hydrogen-bond acceptors (Lipinski definition) is 6. The van der Waals surface area contributed by atoms with E-state index < -0.39 is 31.2 Å². The number of sulfone groups is 1. The van der Waals surface area contributed by atoms with Gasteiger partial charge in [0, 0.05) is 25.4 Å². The van der Waals surface area contributed by atoms with E-state index in [0.717, 1.165) is 4.90 Å². The summed E-state index contributed by atoms with van der Waals surface area (Å²) >= 11 is 0. The number of rotatable bonds is 3. The van der Waals surface area contributed by atoms with Gasteiger partial charge in [0.25, 0.3) is 0 Å². The minimum Gasteiger partial charge on any atom is -0.274 e. The highest BCUT2D eigenvalue weighted by Gasteiger charge is 2.52. The second kappa shape index (κ2) is 5.36. The van der Waals surface area contributed by atoms with Crippen molar-refractivity contribution in [2.75, 3.05) is 17.2 Å². The monoisotopic (exact) mass is 384 g/mol. The fourth-order valence-electron chi connectivity index (χ4n) is 3.72. The lowest BCUT2D eigenvalue weighted by atomic mass is 10.3. The Kier molecular flexibility index (Phi) is 3.57. The highest BCUT2D eigenvalue weighted by molar-refractivity contribution is 7.93. The van der Waals surface area contributed by atoms with Crippen molar-refractivity contribution in [2.45, 2.75) is 35.4 Å². The molecule has 1 aromatic carbocycles. The Bertz CT molecular complexity index is 952. The van der Waals surface area contributed by atoms with Gasteiger partial charge in [-0.25, -0.2) is 16.8 Å². The molecule has 25 heavy (non-hydrogen) atoms. The smallest absolute Gasteiger partial charge is 0.243 e. The van der Waals surface area contributed by atoms with Crippen molar-refractivity contribution in [2.24, 2.45) is 0 Å². The van der Waals surface area contributed by atoms with Gasteiger partial charge in [-0.05, 0) is 30.7 Å². The van der Waals surface area contributed by atoms with Gasteiger partial charge >= 0.3 is 0 Å². The van der Waals surface area contributed by atoms with E-state index in [9.17, 15) is 26.4 Å². The van der Waals surface area contributed by atoms with Crippen molar-refractivity contribution < 1.29 is 26.4 Å². The topological polar surface area (TPSA) is 109 Å². The molecule has 10 heteroatoms. The number of imide groups is 1. The molecule has 3 aliphatic heterocycles. The summed E-state index contributed by atoms with van der Waals surface area (Å²) in [5, 5.41) is -0.619. The van der Waals surface area contributed by atoms with Crippen LogP contribution in [0.4, 0.5) is 5.69 Å². The van der Waals surface area contributed by atoms with Gasteiger partial charge in [0.1, 0.15) is 0 Å². The van der Waals surface area contributed by atoms with Crippen molar-refractivity contribution in [3.05, 3.63) is 24.3 Å². The third-order valence-electron chi connectivity index (χ3n) is 5.01. The molecule has 3 saturated heterocycles. The summed E-state index contributed by atoms with van der Waals surface area (Å²) in [5.74, 6) is -0.739. The summed E-state index contributed by atoms with van der Waals surface area (Å²) in [6.07, 6.45) is 0.658. The number of benzene rings is 1. The van der Waals surface area contributed by atoms with Gasteiger partial charge < -0.3 is 0 Å². The zero-order valence-corrected chi connectivity index (χ0v) is 14.8. The van der Waals surface area contributed by atoms with Gasteiger partial charge in [0.05, 0.1) is 21.6 Å². The maximum absolute atomic E-state index is 12.8. The lowest BCUT2D eigenvalue weighted by molar-refractivity contribution is -0.121. The molecular weight excluding hydrogens is 368 g/mol. The van der Waals surface area contributed by atoms with E-state index in [1.54, 1.807) is 0 Å². The standard InChI is InChI=1S/C15H16N2O6S2/c18-14-5-6-15(19)17(14)10-1-3-12(4-2-10)25(22,23)16-8-13-7-11(16)9-24(13,20)21/h1-4,11,13H,5-9H2/t11-,13+/m0/s1. The van der Waals surface area contributed by atoms with Crippen molar-refractivity contribution in [1.82, 2.24) is 4.31 Å². The van der Waals surface area contributed by atoms with Gasteiger partial charge in [-0.3, -0.25) is 14.5 Å². The molecule has 3 fully saturated rings. The Labute approximate surface area is 145 Å². The number of nitrogens with zero attached hydrogens (tertiary/aromatic N) is 2. The molecule has 4 rings (SSSR count). The van der Waals surface area contributed by atoms with Crippen molar-refractivity contribution in [3.8, 4) is 0 Å². The third-order valence-corrected chi connectivity index (χ3v) is 9.15. The number of fused-ring (bicyclic) bond motifs is 2. The van der Waals surface area contributed by atoms with E-state index in [4.69, 9.17) is 0 Å². The third kappa shape index (κ3) is 2.51. The molecule has 0 saturated carbocycles. The fraction of sp³-hybridized carbons (Fsp3) is 0.467. The van der Waals surface area contributed by atoms with Crippen LogP contribution in [-0.2, 0) is 29.4 Å². The van der Waals surface area contributed by atoms with Crippen molar-refractivity contribution in [1.29, 1.82) is 0 Å². The van der Waals surface area contributed by atoms with Crippen molar-refractivity contribution in [3.63, 3.8) is 0 Å². The summed E-state index contributed by atoms with van der Waals surface area (Å²) in [7, 11) is -6.99. The van der Waals surface area contributed by atoms with Gasteiger partial charge in [-0.15, -0.1) is 0 Å². The summed E-state index contributed by atoms with van der Waals surface area (Å²) in [4.78, 5) is 24.6. The number of sulfonamides is 1. The second-order valence-electron chi connectivity index (χ2n) is 6.53. The molecule has 134 valence electrons. The average Bonchev–Trinajstić information content (AvgIpc) is 3.19. The van der Waals surface area contributed by atoms with Crippen LogP contribution in [0.5, 0.6) is 0 Å². The van der Waals surface area contributed by atoms with Gasteiger partial charge in [-0.2, -0.15) is 4.31 Å². The first-order valence-corrected chi connectivity index (χ1v) is 11.0. The first-order chi connectivity index (χ1) is 11.7. The largest absolute Gasteiger partial charge is 0.274 e. The first-order valence-electron chi connectivity index (χ1n) is 7.89. The van der Waals surface area contributed by atoms with Gasteiger partial charge in [-0.1, -0.05) is 0 Å². The molecule has 3 heterocycles. The predicted molar refractivity (Wildman–Crippen MR) is 88.0 cm³/mol. The fourth-order valence-corrected chi connectivity index (χ4v) is 7.62. The Morgan fingerprint density at radius 2 is 1.60 bits per heavy atom. The molecule has 0 spiro atoms. The Morgan fingerprint density at radius 1 is 1.00 bits per heavy atom. The van der Waals surface area contributed by atoms with E-state index in [1.807, 2.05) is 0 Å². The molecule has 1 aromatic rings. The molecule has 0 radical (unpaired) electrons. The van der Waals surface area contributed by atoms with Crippen LogP contribution < -0.4 is 4.90 Å². The normalized spacial score (nSPS) is 28.9. The molecular formula is C15H16N2O6S2. The van der Waals surface area contributed by atoms with E-state index >= 15 is 0 Å².